The minimum atomic E-state index is -4.02. The van der Waals surface area contributed by atoms with Crippen LogP contribution in [0.1, 0.15) is 30.1 Å². The zero-order valence-electron chi connectivity index (χ0n) is 11.4. The molecule has 0 aromatic heterocycles. The lowest BCUT2D eigenvalue weighted by atomic mass is 9.94. The van der Waals surface area contributed by atoms with E-state index in [1.807, 2.05) is 0 Å². The highest BCUT2D eigenvalue weighted by atomic mass is 35.7. The van der Waals surface area contributed by atoms with Crippen LogP contribution in [0.2, 0.25) is 0 Å². The number of rotatable bonds is 3. The monoisotopic (exact) mass is 335 g/mol. The van der Waals surface area contributed by atoms with E-state index in [-0.39, 0.29) is 10.5 Å². The third-order valence-electron chi connectivity index (χ3n) is 3.32. The molecule has 0 aliphatic carbocycles. The molecule has 1 aromatic carbocycles. The molecule has 0 saturated carbocycles. The summed E-state index contributed by atoms with van der Waals surface area (Å²) in [4.78, 5) is 11.9. The van der Waals surface area contributed by atoms with Gasteiger partial charge in [0.05, 0.1) is 22.6 Å². The maximum Gasteiger partial charge on any atom is 0.261 e. The van der Waals surface area contributed by atoms with E-state index >= 15 is 0 Å². The molecule has 1 saturated heterocycles. The fraction of sp³-hybridized carbons (Fsp3) is 0.462. The third-order valence-corrected chi connectivity index (χ3v) is 4.67. The molecular formula is C13H15ClFNO4S. The van der Waals surface area contributed by atoms with Gasteiger partial charge in [-0.25, -0.2) is 12.8 Å². The third kappa shape index (κ3) is 3.93. The molecule has 1 unspecified atom stereocenters. The quantitative estimate of drug-likeness (QED) is 0.858. The fourth-order valence-electron chi connectivity index (χ4n) is 2.20. The van der Waals surface area contributed by atoms with Crippen LogP contribution in [0.4, 0.5) is 4.39 Å². The maximum atomic E-state index is 13.8. The van der Waals surface area contributed by atoms with E-state index in [0.29, 0.717) is 19.6 Å². The molecule has 1 fully saturated rings. The highest BCUT2D eigenvalue weighted by molar-refractivity contribution is 8.13. The first-order chi connectivity index (χ1) is 9.71. The van der Waals surface area contributed by atoms with Gasteiger partial charge in [0.2, 0.25) is 0 Å². The summed E-state index contributed by atoms with van der Waals surface area (Å²) in [7, 11) is 1.18. The van der Waals surface area contributed by atoms with E-state index < -0.39 is 26.3 Å². The summed E-state index contributed by atoms with van der Waals surface area (Å²) in [5.74, 6) is -1.50. The van der Waals surface area contributed by atoms with Gasteiger partial charge in [-0.2, -0.15) is 0 Å². The lowest BCUT2D eigenvalue weighted by Crippen LogP contribution is -2.51. The van der Waals surface area contributed by atoms with Crippen molar-refractivity contribution < 1.29 is 22.3 Å². The van der Waals surface area contributed by atoms with Crippen LogP contribution >= 0.6 is 10.7 Å². The number of nitrogens with one attached hydrogen (secondary N) is 1. The number of halogens is 2. The number of hydrogen-bond acceptors (Lipinski definition) is 4. The van der Waals surface area contributed by atoms with E-state index in [1.165, 1.54) is 0 Å². The van der Waals surface area contributed by atoms with Crippen molar-refractivity contribution >= 4 is 25.6 Å². The van der Waals surface area contributed by atoms with E-state index in [2.05, 4.69) is 5.32 Å². The SMILES string of the molecule is CC1(NC(=O)c2cc(S(=O)(=O)Cl)ccc2F)CCCOC1. The molecule has 1 aromatic rings. The van der Waals surface area contributed by atoms with Gasteiger partial charge in [0.15, 0.2) is 0 Å². The van der Waals surface area contributed by atoms with Gasteiger partial charge >= 0.3 is 0 Å². The maximum absolute atomic E-state index is 13.8. The molecule has 8 heteroatoms. The van der Waals surface area contributed by atoms with Crippen LogP contribution in [0, 0.1) is 5.82 Å². The van der Waals surface area contributed by atoms with Gasteiger partial charge < -0.3 is 10.1 Å². The minimum absolute atomic E-state index is 0.319. The Labute approximate surface area is 126 Å². The molecule has 1 N–H and O–H groups in total. The Hall–Kier alpha value is -1.18. The molecule has 1 heterocycles. The van der Waals surface area contributed by atoms with Crippen LogP contribution in [0.25, 0.3) is 0 Å². The van der Waals surface area contributed by atoms with Crippen LogP contribution in [0.15, 0.2) is 23.1 Å². The molecule has 0 spiro atoms. The van der Waals surface area contributed by atoms with Crippen LogP contribution in [-0.4, -0.2) is 33.1 Å². The van der Waals surface area contributed by atoms with Crippen LogP contribution in [-0.2, 0) is 13.8 Å². The van der Waals surface area contributed by atoms with E-state index in [4.69, 9.17) is 15.4 Å². The Bertz CT molecular complexity index is 656. The molecule has 1 aliphatic heterocycles. The molecule has 21 heavy (non-hydrogen) atoms. The van der Waals surface area contributed by atoms with Crippen molar-refractivity contribution in [3.05, 3.63) is 29.6 Å². The number of amides is 1. The molecule has 0 bridgehead atoms. The average Bonchev–Trinajstić information content (AvgIpc) is 2.38. The highest BCUT2D eigenvalue weighted by Gasteiger charge is 2.30. The predicted molar refractivity (Wildman–Crippen MR) is 75.4 cm³/mol. The summed E-state index contributed by atoms with van der Waals surface area (Å²) in [6.45, 7) is 2.75. The Kier molecular flexibility index (Phi) is 4.55. The first kappa shape index (κ1) is 16.2. The Balaban J connectivity index is 2.26. The Morgan fingerprint density at radius 3 is 2.76 bits per heavy atom. The number of hydrogen-bond donors (Lipinski definition) is 1. The van der Waals surface area contributed by atoms with Gasteiger partial charge in [0, 0.05) is 17.3 Å². The van der Waals surface area contributed by atoms with Crippen molar-refractivity contribution in [1.29, 1.82) is 0 Å². The standard InChI is InChI=1S/C13H15ClFNO4S/c1-13(5-2-6-20-8-13)16-12(17)10-7-9(21(14,18)19)3-4-11(10)15/h3-4,7H,2,5-6,8H2,1H3,(H,16,17). The molecule has 116 valence electrons. The van der Waals surface area contributed by atoms with Gasteiger partial charge in [0.1, 0.15) is 5.82 Å². The molecule has 2 rings (SSSR count). The fourth-order valence-corrected chi connectivity index (χ4v) is 2.98. The predicted octanol–water partition coefficient (Wildman–Crippen LogP) is 2.05. The lowest BCUT2D eigenvalue weighted by molar-refractivity contribution is 0.0271. The Morgan fingerprint density at radius 2 is 2.19 bits per heavy atom. The molecule has 0 radical (unpaired) electrons. The van der Waals surface area contributed by atoms with Gasteiger partial charge in [-0.3, -0.25) is 4.79 Å². The number of carbonyl (C=O) groups is 1. The van der Waals surface area contributed by atoms with Crippen LogP contribution in [0.5, 0.6) is 0 Å². The van der Waals surface area contributed by atoms with Crippen LogP contribution < -0.4 is 5.32 Å². The van der Waals surface area contributed by atoms with Crippen molar-refractivity contribution in [2.24, 2.45) is 0 Å². The second-order valence-electron chi connectivity index (χ2n) is 5.25. The average molecular weight is 336 g/mol. The molecule has 1 aliphatic rings. The van der Waals surface area contributed by atoms with E-state index in [0.717, 1.165) is 24.6 Å². The lowest BCUT2D eigenvalue weighted by Gasteiger charge is -2.34. The second kappa shape index (κ2) is 5.90. The van der Waals surface area contributed by atoms with E-state index in [1.54, 1.807) is 6.92 Å². The Morgan fingerprint density at radius 1 is 1.48 bits per heavy atom. The van der Waals surface area contributed by atoms with Crippen LogP contribution in [0.3, 0.4) is 0 Å². The molecule has 5 nitrogen and oxygen atoms in total. The summed E-state index contributed by atoms with van der Waals surface area (Å²) in [5.41, 5.74) is -0.957. The second-order valence-corrected chi connectivity index (χ2v) is 7.82. The zero-order valence-corrected chi connectivity index (χ0v) is 12.9. The molecule has 1 amide bonds. The smallest absolute Gasteiger partial charge is 0.261 e. The number of ether oxygens (including phenoxy) is 1. The summed E-state index contributed by atoms with van der Waals surface area (Å²) in [6, 6.07) is 2.85. The first-order valence-electron chi connectivity index (χ1n) is 6.36. The van der Waals surface area contributed by atoms with Crippen molar-refractivity contribution in [3.63, 3.8) is 0 Å². The summed E-state index contributed by atoms with van der Waals surface area (Å²) in [5, 5.41) is 2.69. The summed E-state index contributed by atoms with van der Waals surface area (Å²) in [6.07, 6.45) is 1.49. The van der Waals surface area contributed by atoms with Crippen molar-refractivity contribution in [2.75, 3.05) is 13.2 Å². The van der Waals surface area contributed by atoms with Crippen molar-refractivity contribution in [1.82, 2.24) is 5.32 Å². The van der Waals surface area contributed by atoms with E-state index in [9.17, 15) is 17.6 Å². The molecule has 1 atom stereocenters. The zero-order chi connectivity index (χ0) is 15.7. The van der Waals surface area contributed by atoms with Gasteiger partial charge in [0.25, 0.3) is 15.0 Å². The van der Waals surface area contributed by atoms with Gasteiger partial charge in [-0.05, 0) is 38.0 Å². The molecular weight excluding hydrogens is 321 g/mol. The summed E-state index contributed by atoms with van der Waals surface area (Å²) < 4.78 is 41.6. The van der Waals surface area contributed by atoms with Crippen molar-refractivity contribution in [3.8, 4) is 0 Å². The topological polar surface area (TPSA) is 72.5 Å². The highest BCUT2D eigenvalue weighted by Crippen LogP contribution is 2.22. The van der Waals surface area contributed by atoms with Gasteiger partial charge in [-0.1, -0.05) is 0 Å². The largest absolute Gasteiger partial charge is 0.379 e. The summed E-state index contributed by atoms with van der Waals surface area (Å²) >= 11 is 0. The number of benzene rings is 1. The normalized spacial score (nSPS) is 22.8. The minimum Gasteiger partial charge on any atom is -0.379 e. The van der Waals surface area contributed by atoms with Crippen molar-refractivity contribution in [2.45, 2.75) is 30.2 Å². The first-order valence-corrected chi connectivity index (χ1v) is 8.67. The number of carbonyl (C=O) groups excluding carboxylic acids is 1. The van der Waals surface area contributed by atoms with Gasteiger partial charge in [-0.15, -0.1) is 0 Å².